The second-order valence-corrected chi connectivity index (χ2v) is 10.4. The molecule has 1 atom stereocenters. The van der Waals surface area contributed by atoms with Gasteiger partial charge in [-0.25, -0.2) is 17.8 Å². The third-order valence-corrected chi connectivity index (χ3v) is 7.00. The minimum atomic E-state index is -3.81. The van der Waals surface area contributed by atoms with Crippen LogP contribution < -0.4 is 4.74 Å². The number of ether oxygens (including phenoxy) is 1. The first-order chi connectivity index (χ1) is 16.6. The van der Waals surface area contributed by atoms with Crippen molar-refractivity contribution in [3.05, 3.63) is 96.2 Å². The van der Waals surface area contributed by atoms with Crippen molar-refractivity contribution in [1.29, 1.82) is 0 Å². The Morgan fingerprint density at radius 3 is 2.57 bits per heavy atom. The summed E-state index contributed by atoms with van der Waals surface area (Å²) in [6, 6.07) is 18.7. The summed E-state index contributed by atoms with van der Waals surface area (Å²) >= 11 is 0. The van der Waals surface area contributed by atoms with Crippen LogP contribution in [0.5, 0.6) is 11.5 Å². The van der Waals surface area contributed by atoms with E-state index in [-0.39, 0.29) is 16.4 Å². The van der Waals surface area contributed by atoms with Crippen molar-refractivity contribution in [1.82, 2.24) is 15.0 Å². The molecule has 35 heavy (non-hydrogen) atoms. The molecule has 1 unspecified atom stereocenters. The van der Waals surface area contributed by atoms with Gasteiger partial charge in [-0.2, -0.15) is 0 Å². The summed E-state index contributed by atoms with van der Waals surface area (Å²) in [5.74, 6) is -0.477. The van der Waals surface area contributed by atoms with Gasteiger partial charge in [0.25, 0.3) is 0 Å². The molecule has 0 spiro atoms. The molecule has 7 nitrogen and oxygen atoms in total. The lowest BCUT2D eigenvalue weighted by molar-refractivity contribution is 0.0979. The number of benzene rings is 3. The minimum Gasteiger partial charge on any atom is -0.453 e. The fraction of sp³-hybridized carbons (Fsp3) is 0.115. The smallest absolute Gasteiger partial charge is 0.182 e. The van der Waals surface area contributed by atoms with Gasteiger partial charge in [0, 0.05) is 35.0 Å². The molecule has 5 aromatic rings. The van der Waals surface area contributed by atoms with Gasteiger partial charge < -0.3 is 19.8 Å². The first-order valence-electron chi connectivity index (χ1n) is 10.8. The number of aromatic nitrogens is 3. The third kappa shape index (κ3) is 4.20. The lowest BCUT2D eigenvalue weighted by atomic mass is 9.93. The van der Waals surface area contributed by atoms with Crippen LogP contribution >= 0.6 is 0 Å². The van der Waals surface area contributed by atoms with Crippen LogP contribution in [0.2, 0.25) is 0 Å². The van der Waals surface area contributed by atoms with Crippen LogP contribution in [-0.4, -0.2) is 34.7 Å². The van der Waals surface area contributed by atoms with E-state index in [0.29, 0.717) is 33.5 Å². The second-order valence-electron chi connectivity index (χ2n) is 8.44. The third-order valence-electron chi connectivity index (χ3n) is 5.85. The van der Waals surface area contributed by atoms with Crippen molar-refractivity contribution >= 4 is 20.7 Å². The summed E-state index contributed by atoms with van der Waals surface area (Å²) in [5.41, 5.74) is 0.879. The zero-order valence-corrected chi connectivity index (χ0v) is 19.7. The number of hydrogen-bond acceptors (Lipinski definition) is 5. The van der Waals surface area contributed by atoms with Gasteiger partial charge in [0.05, 0.1) is 11.9 Å². The zero-order valence-electron chi connectivity index (χ0n) is 18.9. The quantitative estimate of drug-likeness (QED) is 0.305. The largest absolute Gasteiger partial charge is 0.453 e. The number of halogens is 1. The highest BCUT2D eigenvalue weighted by molar-refractivity contribution is 7.91. The molecular weight excluding hydrogens is 469 g/mol. The zero-order chi connectivity index (χ0) is 24.8. The van der Waals surface area contributed by atoms with Crippen LogP contribution in [0, 0.1) is 5.82 Å². The molecule has 2 heterocycles. The monoisotopic (exact) mass is 491 g/mol. The van der Waals surface area contributed by atoms with E-state index in [1.54, 1.807) is 49.6 Å². The Balaban J connectivity index is 1.51. The van der Waals surface area contributed by atoms with E-state index in [1.807, 2.05) is 30.3 Å². The number of H-pyrrole nitrogens is 2. The maximum Gasteiger partial charge on any atom is 0.182 e. The SMILES string of the molecule is CC(O)(c1ccccc1)c1cnc(-c2cccc(Oc3c(F)cc4[nH]ccc4c3S(C)(=O)=O)c2)[nH]1. The molecule has 0 amide bonds. The number of nitrogens with zero attached hydrogens (tertiary/aromatic N) is 1. The molecule has 178 valence electrons. The lowest BCUT2D eigenvalue weighted by Gasteiger charge is -2.22. The highest BCUT2D eigenvalue weighted by Gasteiger charge is 2.28. The van der Waals surface area contributed by atoms with E-state index >= 15 is 0 Å². The number of rotatable bonds is 6. The van der Waals surface area contributed by atoms with Crippen LogP contribution in [0.25, 0.3) is 22.3 Å². The number of nitrogens with one attached hydrogen (secondary N) is 2. The average molecular weight is 492 g/mol. The Bertz CT molecular complexity index is 1640. The molecule has 2 aromatic heterocycles. The minimum absolute atomic E-state index is 0.224. The van der Waals surface area contributed by atoms with E-state index in [4.69, 9.17) is 4.74 Å². The Kier molecular flexibility index (Phi) is 5.46. The van der Waals surface area contributed by atoms with Gasteiger partial charge in [-0.15, -0.1) is 0 Å². The van der Waals surface area contributed by atoms with Crippen molar-refractivity contribution in [2.24, 2.45) is 0 Å². The number of aliphatic hydroxyl groups is 1. The molecule has 0 aliphatic rings. The number of hydrogen-bond donors (Lipinski definition) is 3. The molecule has 5 rings (SSSR count). The van der Waals surface area contributed by atoms with E-state index < -0.39 is 21.3 Å². The molecule has 0 saturated carbocycles. The summed E-state index contributed by atoms with van der Waals surface area (Å²) in [6.07, 6.45) is 4.11. The van der Waals surface area contributed by atoms with Gasteiger partial charge >= 0.3 is 0 Å². The predicted molar refractivity (Wildman–Crippen MR) is 131 cm³/mol. The van der Waals surface area contributed by atoms with Crippen molar-refractivity contribution in [2.75, 3.05) is 6.26 Å². The molecule has 0 saturated heterocycles. The summed E-state index contributed by atoms with van der Waals surface area (Å²) in [6.45, 7) is 1.67. The normalized spacial score (nSPS) is 13.6. The topological polar surface area (TPSA) is 108 Å². The number of imidazole rings is 1. The van der Waals surface area contributed by atoms with E-state index in [2.05, 4.69) is 15.0 Å². The predicted octanol–water partition coefficient (Wildman–Crippen LogP) is 5.15. The van der Waals surface area contributed by atoms with E-state index in [9.17, 15) is 17.9 Å². The first kappa shape index (κ1) is 22.8. The summed E-state index contributed by atoms with van der Waals surface area (Å²) < 4.78 is 45.7. The standard InChI is InChI=1S/C26H22FN3O4S/c1-26(31,17-8-4-3-5-9-17)22-15-29-25(30-22)16-7-6-10-18(13-16)34-23-20(27)14-21-19(11-12-28-21)24(23)35(2,32)33/h3-15,28,31H,1-2H3,(H,29,30). The summed E-state index contributed by atoms with van der Waals surface area (Å²) in [4.78, 5) is 10.1. The Morgan fingerprint density at radius 1 is 1.06 bits per heavy atom. The Morgan fingerprint density at radius 2 is 1.83 bits per heavy atom. The van der Waals surface area contributed by atoms with Crippen LogP contribution in [-0.2, 0) is 15.4 Å². The van der Waals surface area contributed by atoms with Gasteiger partial charge in [0.1, 0.15) is 22.1 Å². The maximum atomic E-state index is 14.9. The number of fused-ring (bicyclic) bond motifs is 1. The fourth-order valence-electron chi connectivity index (χ4n) is 4.04. The molecule has 9 heteroatoms. The molecule has 0 bridgehead atoms. The van der Waals surface area contributed by atoms with Gasteiger partial charge in [0.15, 0.2) is 21.4 Å². The molecule has 3 N–H and O–H groups in total. The molecular formula is C26H22FN3O4S. The first-order valence-corrected chi connectivity index (χ1v) is 12.6. The van der Waals surface area contributed by atoms with Crippen molar-refractivity contribution in [2.45, 2.75) is 17.4 Å². The van der Waals surface area contributed by atoms with Gasteiger partial charge in [0.2, 0.25) is 0 Å². The summed E-state index contributed by atoms with van der Waals surface area (Å²) in [5, 5.41) is 11.4. The fourth-order valence-corrected chi connectivity index (χ4v) is 5.10. The molecule has 0 aliphatic carbocycles. The van der Waals surface area contributed by atoms with E-state index in [1.165, 1.54) is 6.07 Å². The second kappa shape index (κ2) is 8.37. The Hall–Kier alpha value is -3.95. The Labute approximate surface area is 201 Å². The molecule has 0 radical (unpaired) electrons. The lowest BCUT2D eigenvalue weighted by Crippen LogP contribution is -2.23. The van der Waals surface area contributed by atoms with Gasteiger partial charge in [-0.1, -0.05) is 42.5 Å². The highest BCUT2D eigenvalue weighted by Crippen LogP contribution is 2.38. The van der Waals surface area contributed by atoms with E-state index in [0.717, 1.165) is 6.26 Å². The van der Waals surface area contributed by atoms with Crippen LogP contribution in [0.4, 0.5) is 4.39 Å². The van der Waals surface area contributed by atoms with Crippen molar-refractivity contribution in [3.8, 4) is 22.9 Å². The van der Waals surface area contributed by atoms with Crippen molar-refractivity contribution in [3.63, 3.8) is 0 Å². The van der Waals surface area contributed by atoms with Crippen LogP contribution in [0.1, 0.15) is 18.2 Å². The highest BCUT2D eigenvalue weighted by atomic mass is 32.2. The molecule has 3 aromatic carbocycles. The van der Waals surface area contributed by atoms with Crippen LogP contribution in [0.3, 0.4) is 0 Å². The number of sulfone groups is 1. The van der Waals surface area contributed by atoms with Gasteiger partial charge in [-0.05, 0) is 30.7 Å². The number of aromatic amines is 2. The van der Waals surface area contributed by atoms with Crippen LogP contribution in [0.15, 0.2) is 84.0 Å². The average Bonchev–Trinajstić information content (AvgIpc) is 3.49. The van der Waals surface area contributed by atoms with Crippen molar-refractivity contribution < 1.29 is 22.7 Å². The van der Waals surface area contributed by atoms with Gasteiger partial charge in [-0.3, -0.25) is 0 Å². The summed E-state index contributed by atoms with van der Waals surface area (Å²) in [7, 11) is -3.81. The maximum absolute atomic E-state index is 14.9. The molecule has 0 fully saturated rings. The molecule has 0 aliphatic heterocycles.